The van der Waals surface area contributed by atoms with Gasteiger partial charge < -0.3 is 20.7 Å². The van der Waals surface area contributed by atoms with Crippen LogP contribution < -0.4 is 20.7 Å². The third-order valence-electron chi connectivity index (χ3n) is 4.52. The number of ether oxygens (including phenoxy) is 1. The highest BCUT2D eigenvalue weighted by Crippen LogP contribution is 2.26. The maximum Gasteiger partial charge on any atom is 0.451 e. The topological polar surface area (TPSA) is 105 Å². The molecule has 1 aliphatic rings. The van der Waals surface area contributed by atoms with Gasteiger partial charge in [-0.05, 0) is 31.0 Å². The Hall–Kier alpha value is -2.99. The summed E-state index contributed by atoms with van der Waals surface area (Å²) in [6.45, 7) is -0.0757. The van der Waals surface area contributed by atoms with Gasteiger partial charge in [-0.1, -0.05) is 11.6 Å². The monoisotopic (exact) mass is 475 g/mol. The molecule has 2 aromatic rings. The minimum atomic E-state index is -4.72. The van der Waals surface area contributed by atoms with Gasteiger partial charge in [-0.3, -0.25) is 9.59 Å². The largest absolute Gasteiger partial charge is 0.484 e. The van der Waals surface area contributed by atoms with Gasteiger partial charge in [0.15, 0.2) is 6.61 Å². The number of halogens is 5. The van der Waals surface area contributed by atoms with Gasteiger partial charge in [0.05, 0.1) is 11.1 Å². The SMILES string of the molecule is O=C(COc1ccc(Cl)c(F)c1)N[C@H]1CC[C@H](C(=O)Nc2ccnc(C(F)(F)F)n2)NC1. The van der Waals surface area contributed by atoms with Crippen LogP contribution in [0, 0.1) is 5.82 Å². The lowest BCUT2D eigenvalue weighted by Gasteiger charge is -2.29. The number of rotatable bonds is 6. The third kappa shape index (κ3) is 6.50. The molecule has 1 aliphatic heterocycles. The molecule has 0 saturated carbocycles. The zero-order valence-electron chi connectivity index (χ0n) is 16.4. The minimum Gasteiger partial charge on any atom is -0.484 e. The number of amides is 2. The molecule has 1 aromatic heterocycles. The fourth-order valence-electron chi connectivity index (χ4n) is 2.97. The second-order valence-electron chi connectivity index (χ2n) is 6.92. The predicted octanol–water partition coefficient (Wildman–Crippen LogP) is 2.54. The van der Waals surface area contributed by atoms with E-state index in [1.165, 1.54) is 12.1 Å². The molecular weight excluding hydrogens is 458 g/mol. The van der Waals surface area contributed by atoms with Gasteiger partial charge in [-0.15, -0.1) is 0 Å². The summed E-state index contributed by atoms with van der Waals surface area (Å²) in [6.07, 6.45) is -3.03. The highest BCUT2D eigenvalue weighted by molar-refractivity contribution is 6.30. The van der Waals surface area contributed by atoms with Gasteiger partial charge in [-0.2, -0.15) is 13.2 Å². The van der Waals surface area contributed by atoms with E-state index in [2.05, 4.69) is 25.9 Å². The smallest absolute Gasteiger partial charge is 0.451 e. The summed E-state index contributed by atoms with van der Waals surface area (Å²) in [7, 11) is 0. The van der Waals surface area contributed by atoms with E-state index in [-0.39, 0.29) is 35.8 Å². The van der Waals surface area contributed by atoms with Gasteiger partial charge in [0.2, 0.25) is 11.7 Å². The molecule has 2 amide bonds. The summed E-state index contributed by atoms with van der Waals surface area (Å²) in [5.74, 6) is -3.10. The van der Waals surface area contributed by atoms with Crippen LogP contribution in [0.15, 0.2) is 30.5 Å². The summed E-state index contributed by atoms with van der Waals surface area (Å²) in [6, 6.07) is 4.02. The van der Waals surface area contributed by atoms with Crippen LogP contribution in [0.3, 0.4) is 0 Å². The van der Waals surface area contributed by atoms with Crippen molar-refractivity contribution in [3.8, 4) is 5.75 Å². The second kappa shape index (κ2) is 10.1. The summed E-state index contributed by atoms with van der Waals surface area (Å²) in [5.41, 5.74) is 0. The summed E-state index contributed by atoms with van der Waals surface area (Å²) in [4.78, 5) is 30.8. The first-order valence-corrected chi connectivity index (χ1v) is 9.81. The van der Waals surface area contributed by atoms with Crippen molar-refractivity contribution in [2.24, 2.45) is 0 Å². The molecular formula is C19H18ClF4N5O3. The van der Waals surface area contributed by atoms with Crippen molar-refractivity contribution >= 4 is 29.2 Å². The minimum absolute atomic E-state index is 0.0609. The second-order valence-corrected chi connectivity index (χ2v) is 7.33. The molecule has 8 nitrogen and oxygen atoms in total. The molecule has 0 aliphatic carbocycles. The standard InChI is InChI=1S/C19H18ClF4N5O3/c20-12-3-2-11(7-13(12)21)32-9-16(30)27-10-1-4-14(26-8-10)17(31)28-15-5-6-25-18(29-15)19(22,23)24/h2-3,5-7,10,14,26H,1,4,8-9H2,(H,27,30)(H,25,28,29,31)/t10-,14+/m0/s1. The van der Waals surface area contributed by atoms with E-state index in [4.69, 9.17) is 16.3 Å². The van der Waals surface area contributed by atoms with E-state index in [1.807, 2.05) is 0 Å². The Bertz CT molecular complexity index is 984. The van der Waals surface area contributed by atoms with E-state index in [0.29, 0.717) is 12.8 Å². The van der Waals surface area contributed by atoms with Crippen molar-refractivity contribution in [1.82, 2.24) is 20.6 Å². The Balaban J connectivity index is 1.43. The van der Waals surface area contributed by atoms with Crippen LogP contribution in [0.2, 0.25) is 5.02 Å². The Labute approximate surface area is 184 Å². The number of aromatic nitrogens is 2. The lowest BCUT2D eigenvalue weighted by atomic mass is 10.00. The number of carbonyl (C=O) groups is 2. The fourth-order valence-corrected chi connectivity index (χ4v) is 3.08. The summed E-state index contributed by atoms with van der Waals surface area (Å²) < 4.78 is 56.6. The molecule has 0 unspecified atom stereocenters. The average Bonchev–Trinajstić information content (AvgIpc) is 2.74. The summed E-state index contributed by atoms with van der Waals surface area (Å²) >= 11 is 5.58. The van der Waals surface area contributed by atoms with Crippen molar-refractivity contribution in [1.29, 1.82) is 0 Å². The van der Waals surface area contributed by atoms with Crippen molar-refractivity contribution in [3.05, 3.63) is 47.1 Å². The average molecular weight is 476 g/mol. The lowest BCUT2D eigenvalue weighted by molar-refractivity contribution is -0.145. The molecule has 172 valence electrons. The molecule has 0 radical (unpaired) electrons. The van der Waals surface area contributed by atoms with E-state index in [9.17, 15) is 27.2 Å². The number of hydrogen-bond acceptors (Lipinski definition) is 6. The normalized spacial score (nSPS) is 18.7. The van der Waals surface area contributed by atoms with Crippen LogP contribution in [0.25, 0.3) is 0 Å². The van der Waals surface area contributed by atoms with Crippen molar-refractivity contribution in [3.63, 3.8) is 0 Å². The maximum absolute atomic E-state index is 13.4. The molecule has 0 bridgehead atoms. The molecule has 0 spiro atoms. The van der Waals surface area contributed by atoms with Crippen LogP contribution >= 0.6 is 11.6 Å². The van der Waals surface area contributed by atoms with Crippen molar-refractivity contribution in [2.75, 3.05) is 18.5 Å². The molecule has 32 heavy (non-hydrogen) atoms. The zero-order chi connectivity index (χ0) is 23.3. The Morgan fingerprint density at radius 1 is 1.25 bits per heavy atom. The van der Waals surface area contributed by atoms with Gasteiger partial charge in [0.1, 0.15) is 17.4 Å². The Morgan fingerprint density at radius 3 is 2.69 bits per heavy atom. The maximum atomic E-state index is 13.4. The first-order valence-electron chi connectivity index (χ1n) is 9.43. The molecule has 2 heterocycles. The number of hydrogen-bond donors (Lipinski definition) is 3. The number of alkyl halides is 3. The van der Waals surface area contributed by atoms with E-state index < -0.39 is 35.7 Å². The van der Waals surface area contributed by atoms with Gasteiger partial charge >= 0.3 is 6.18 Å². The van der Waals surface area contributed by atoms with Crippen LogP contribution in [0.1, 0.15) is 18.7 Å². The highest BCUT2D eigenvalue weighted by Gasteiger charge is 2.35. The van der Waals surface area contributed by atoms with Gasteiger partial charge in [0, 0.05) is 24.8 Å². The highest BCUT2D eigenvalue weighted by atomic mass is 35.5. The first kappa shape index (κ1) is 23.7. The number of piperidine rings is 1. The number of nitrogens with one attached hydrogen (secondary N) is 3. The van der Waals surface area contributed by atoms with E-state index in [1.54, 1.807) is 0 Å². The lowest BCUT2D eigenvalue weighted by Crippen LogP contribution is -2.53. The quantitative estimate of drug-likeness (QED) is 0.555. The molecule has 2 atom stereocenters. The van der Waals surface area contributed by atoms with Crippen LogP contribution in [-0.4, -0.2) is 47.0 Å². The molecule has 1 saturated heterocycles. The predicted molar refractivity (Wildman–Crippen MR) is 106 cm³/mol. The number of anilines is 1. The molecule has 3 rings (SSSR count). The molecule has 3 N–H and O–H groups in total. The van der Waals surface area contributed by atoms with E-state index in [0.717, 1.165) is 18.3 Å². The molecule has 1 fully saturated rings. The Morgan fingerprint density at radius 2 is 2.03 bits per heavy atom. The van der Waals surface area contributed by atoms with Gasteiger partial charge in [-0.25, -0.2) is 14.4 Å². The first-order chi connectivity index (χ1) is 15.1. The number of benzene rings is 1. The third-order valence-corrected chi connectivity index (χ3v) is 4.82. The van der Waals surface area contributed by atoms with Gasteiger partial charge in [0.25, 0.3) is 5.91 Å². The fraction of sp³-hybridized carbons (Fsp3) is 0.368. The molecule has 1 aromatic carbocycles. The summed E-state index contributed by atoms with van der Waals surface area (Å²) in [5, 5.41) is 7.92. The van der Waals surface area contributed by atoms with Crippen LogP contribution in [0.4, 0.5) is 23.4 Å². The van der Waals surface area contributed by atoms with Crippen molar-refractivity contribution < 1.29 is 31.9 Å². The number of nitrogens with zero attached hydrogens (tertiary/aromatic N) is 2. The number of carbonyl (C=O) groups excluding carboxylic acids is 2. The van der Waals surface area contributed by atoms with Crippen LogP contribution in [0.5, 0.6) is 5.75 Å². The van der Waals surface area contributed by atoms with Crippen LogP contribution in [-0.2, 0) is 15.8 Å². The molecule has 13 heteroatoms. The zero-order valence-corrected chi connectivity index (χ0v) is 17.1. The van der Waals surface area contributed by atoms with Crippen molar-refractivity contribution in [2.45, 2.75) is 31.1 Å². The van der Waals surface area contributed by atoms with E-state index >= 15 is 0 Å². The Kier molecular flexibility index (Phi) is 7.46.